The molecule has 0 atom stereocenters. The summed E-state index contributed by atoms with van der Waals surface area (Å²) in [5.74, 6) is 0.765. The molecule has 0 saturated heterocycles. The first-order chi connectivity index (χ1) is 11.4. The van der Waals surface area contributed by atoms with E-state index in [9.17, 15) is 4.79 Å². The number of rotatable bonds is 6. The lowest BCUT2D eigenvalue weighted by atomic mass is 10.0. The summed E-state index contributed by atoms with van der Waals surface area (Å²) in [7, 11) is 0. The molecule has 0 bridgehead atoms. The Labute approximate surface area is 148 Å². The standard InChI is InChI=1S/C19H24ClN3O/c1-5-14(6-2)19(24)22-15-7-8-17(21-11-15)23-18-13(4)9-12(3)10-16(18)20/h7-11,14H,5-6H2,1-4H3,(H,21,23)(H,22,24). The lowest BCUT2D eigenvalue weighted by Gasteiger charge is -2.14. The fraction of sp³-hybridized carbons (Fsp3) is 0.368. The van der Waals surface area contributed by atoms with Gasteiger partial charge >= 0.3 is 0 Å². The number of benzene rings is 1. The molecule has 2 rings (SSSR count). The molecule has 24 heavy (non-hydrogen) atoms. The Morgan fingerprint density at radius 1 is 1.21 bits per heavy atom. The number of hydrogen-bond acceptors (Lipinski definition) is 3. The van der Waals surface area contributed by atoms with E-state index in [0.717, 1.165) is 29.7 Å². The molecule has 0 aliphatic carbocycles. The zero-order valence-electron chi connectivity index (χ0n) is 14.6. The fourth-order valence-electron chi connectivity index (χ4n) is 2.65. The van der Waals surface area contributed by atoms with Gasteiger partial charge in [-0.25, -0.2) is 4.98 Å². The van der Waals surface area contributed by atoms with E-state index < -0.39 is 0 Å². The number of nitrogens with zero attached hydrogens (tertiary/aromatic N) is 1. The molecule has 1 aromatic heterocycles. The highest BCUT2D eigenvalue weighted by Crippen LogP contribution is 2.29. The first kappa shape index (κ1) is 18.3. The summed E-state index contributed by atoms with van der Waals surface area (Å²) in [6.45, 7) is 8.06. The number of hydrogen-bond donors (Lipinski definition) is 2. The van der Waals surface area contributed by atoms with Gasteiger partial charge in [0.05, 0.1) is 22.6 Å². The fourth-order valence-corrected chi connectivity index (χ4v) is 3.02. The molecule has 0 spiro atoms. The molecule has 0 fully saturated rings. The van der Waals surface area contributed by atoms with Crippen LogP contribution in [-0.2, 0) is 4.79 Å². The van der Waals surface area contributed by atoms with Crippen molar-refractivity contribution >= 4 is 34.7 Å². The molecular weight excluding hydrogens is 322 g/mol. The highest BCUT2D eigenvalue weighted by molar-refractivity contribution is 6.33. The zero-order valence-corrected chi connectivity index (χ0v) is 15.4. The average Bonchev–Trinajstić information content (AvgIpc) is 2.53. The van der Waals surface area contributed by atoms with Crippen LogP contribution >= 0.6 is 11.6 Å². The van der Waals surface area contributed by atoms with E-state index in [1.54, 1.807) is 6.20 Å². The molecule has 1 aromatic carbocycles. The Morgan fingerprint density at radius 2 is 1.92 bits per heavy atom. The summed E-state index contributed by atoms with van der Waals surface area (Å²) in [5.41, 5.74) is 3.73. The van der Waals surface area contributed by atoms with Crippen LogP contribution in [0.4, 0.5) is 17.2 Å². The van der Waals surface area contributed by atoms with Crippen molar-refractivity contribution in [2.45, 2.75) is 40.5 Å². The van der Waals surface area contributed by atoms with Crippen LogP contribution in [0.5, 0.6) is 0 Å². The lowest BCUT2D eigenvalue weighted by Crippen LogP contribution is -2.21. The quantitative estimate of drug-likeness (QED) is 0.729. The minimum absolute atomic E-state index is 0.0387. The Bertz CT molecular complexity index is 686. The van der Waals surface area contributed by atoms with E-state index >= 15 is 0 Å². The van der Waals surface area contributed by atoms with Gasteiger partial charge in [0.25, 0.3) is 0 Å². The summed E-state index contributed by atoms with van der Waals surface area (Å²) in [6, 6.07) is 7.66. The van der Waals surface area contributed by atoms with Crippen LogP contribution < -0.4 is 10.6 Å². The smallest absolute Gasteiger partial charge is 0.227 e. The van der Waals surface area contributed by atoms with E-state index in [-0.39, 0.29) is 11.8 Å². The first-order valence-electron chi connectivity index (χ1n) is 8.25. The third-order valence-electron chi connectivity index (χ3n) is 4.07. The van der Waals surface area contributed by atoms with Crippen molar-refractivity contribution in [1.29, 1.82) is 0 Å². The number of carbonyl (C=O) groups excluding carboxylic acids is 1. The molecule has 0 radical (unpaired) electrons. The largest absolute Gasteiger partial charge is 0.339 e. The third kappa shape index (κ3) is 4.48. The number of aryl methyl sites for hydroxylation is 2. The summed E-state index contributed by atoms with van der Waals surface area (Å²) in [4.78, 5) is 16.5. The van der Waals surface area contributed by atoms with Crippen LogP contribution in [-0.4, -0.2) is 10.9 Å². The monoisotopic (exact) mass is 345 g/mol. The molecular formula is C19H24ClN3O. The Morgan fingerprint density at radius 3 is 2.46 bits per heavy atom. The predicted molar refractivity (Wildman–Crippen MR) is 101 cm³/mol. The maximum absolute atomic E-state index is 12.1. The van der Waals surface area contributed by atoms with Crippen molar-refractivity contribution in [1.82, 2.24) is 4.98 Å². The van der Waals surface area contributed by atoms with E-state index in [2.05, 4.69) is 21.7 Å². The van der Waals surface area contributed by atoms with Gasteiger partial charge in [-0.15, -0.1) is 0 Å². The van der Waals surface area contributed by atoms with Gasteiger partial charge in [0.1, 0.15) is 5.82 Å². The van der Waals surface area contributed by atoms with Crippen LogP contribution in [0.3, 0.4) is 0 Å². The van der Waals surface area contributed by atoms with Crippen molar-refractivity contribution in [2.75, 3.05) is 10.6 Å². The maximum Gasteiger partial charge on any atom is 0.227 e. The average molecular weight is 346 g/mol. The number of anilines is 3. The van der Waals surface area contributed by atoms with Crippen molar-refractivity contribution in [3.05, 3.63) is 46.6 Å². The molecule has 2 aromatic rings. The lowest BCUT2D eigenvalue weighted by molar-refractivity contribution is -0.120. The highest BCUT2D eigenvalue weighted by atomic mass is 35.5. The van der Waals surface area contributed by atoms with E-state index in [4.69, 9.17) is 11.6 Å². The third-order valence-corrected chi connectivity index (χ3v) is 4.37. The molecule has 4 nitrogen and oxygen atoms in total. The molecule has 0 aliphatic heterocycles. The van der Waals surface area contributed by atoms with Crippen molar-refractivity contribution in [3.63, 3.8) is 0 Å². The zero-order chi connectivity index (χ0) is 17.7. The van der Waals surface area contributed by atoms with Gasteiger partial charge < -0.3 is 10.6 Å². The van der Waals surface area contributed by atoms with E-state index in [1.165, 1.54) is 0 Å². The van der Waals surface area contributed by atoms with Crippen LogP contribution in [0.2, 0.25) is 5.02 Å². The topological polar surface area (TPSA) is 54.0 Å². The second-order valence-electron chi connectivity index (χ2n) is 6.00. The number of pyridine rings is 1. The first-order valence-corrected chi connectivity index (χ1v) is 8.63. The summed E-state index contributed by atoms with van der Waals surface area (Å²) in [6.07, 6.45) is 3.32. The second kappa shape index (κ2) is 8.15. The molecule has 1 amide bonds. The predicted octanol–water partition coefficient (Wildman–Crippen LogP) is 5.47. The summed E-state index contributed by atoms with van der Waals surface area (Å²) >= 11 is 6.30. The van der Waals surface area contributed by atoms with Crippen LogP contribution in [0.1, 0.15) is 37.8 Å². The maximum atomic E-state index is 12.1. The number of carbonyl (C=O) groups is 1. The van der Waals surface area contributed by atoms with Crippen LogP contribution in [0.15, 0.2) is 30.5 Å². The number of nitrogens with one attached hydrogen (secondary N) is 2. The normalized spacial score (nSPS) is 10.8. The molecule has 5 heteroatoms. The van der Waals surface area contributed by atoms with Crippen LogP contribution in [0, 0.1) is 19.8 Å². The van der Waals surface area contributed by atoms with Gasteiger partial charge in [0.2, 0.25) is 5.91 Å². The SMILES string of the molecule is CCC(CC)C(=O)Nc1ccc(Nc2c(C)cc(C)cc2Cl)nc1. The van der Waals surface area contributed by atoms with Gasteiger partial charge in [0.15, 0.2) is 0 Å². The Kier molecular flexibility index (Phi) is 6.21. The van der Waals surface area contributed by atoms with Gasteiger partial charge in [-0.2, -0.15) is 0 Å². The Balaban J connectivity index is 2.09. The van der Waals surface area contributed by atoms with Gasteiger partial charge in [0, 0.05) is 5.92 Å². The minimum Gasteiger partial charge on any atom is -0.339 e. The van der Waals surface area contributed by atoms with Crippen molar-refractivity contribution in [2.24, 2.45) is 5.92 Å². The van der Waals surface area contributed by atoms with Gasteiger partial charge in [-0.3, -0.25) is 4.79 Å². The van der Waals surface area contributed by atoms with Gasteiger partial charge in [-0.05, 0) is 56.0 Å². The number of amides is 1. The number of halogens is 1. The van der Waals surface area contributed by atoms with Crippen LogP contribution in [0.25, 0.3) is 0 Å². The Hall–Kier alpha value is -2.07. The van der Waals surface area contributed by atoms with Crippen molar-refractivity contribution < 1.29 is 4.79 Å². The molecule has 128 valence electrons. The molecule has 0 saturated carbocycles. The number of aromatic nitrogens is 1. The highest BCUT2D eigenvalue weighted by Gasteiger charge is 2.14. The molecule has 0 aliphatic rings. The van der Waals surface area contributed by atoms with E-state index in [1.807, 2.05) is 45.9 Å². The molecule has 2 N–H and O–H groups in total. The minimum atomic E-state index is 0.0387. The van der Waals surface area contributed by atoms with Gasteiger partial charge in [-0.1, -0.05) is 31.5 Å². The van der Waals surface area contributed by atoms with E-state index in [0.29, 0.717) is 16.5 Å². The summed E-state index contributed by atoms with van der Waals surface area (Å²) in [5, 5.41) is 6.81. The second-order valence-corrected chi connectivity index (χ2v) is 6.41. The van der Waals surface area contributed by atoms with Crippen molar-refractivity contribution in [3.8, 4) is 0 Å². The summed E-state index contributed by atoms with van der Waals surface area (Å²) < 4.78 is 0. The molecule has 1 heterocycles. The molecule has 0 unspecified atom stereocenters.